The molecule has 0 saturated heterocycles. The standard InChI is InChI=1S/C18H38N2/c1-16(2)8-13-20(14-9-17(3)4)15-12-18(19)10-6-5-7-11-18/h16-17H,5-15,19H2,1-4H3. The highest BCUT2D eigenvalue weighted by molar-refractivity contribution is 4.88. The first kappa shape index (κ1) is 18.0. The van der Waals surface area contributed by atoms with Gasteiger partial charge >= 0.3 is 0 Å². The smallest absolute Gasteiger partial charge is 0.0166 e. The molecule has 0 aliphatic heterocycles. The summed E-state index contributed by atoms with van der Waals surface area (Å²) < 4.78 is 0. The first-order valence-electron chi connectivity index (χ1n) is 8.92. The largest absolute Gasteiger partial charge is 0.325 e. The van der Waals surface area contributed by atoms with E-state index in [1.54, 1.807) is 0 Å². The van der Waals surface area contributed by atoms with Crippen LogP contribution in [-0.4, -0.2) is 30.1 Å². The van der Waals surface area contributed by atoms with E-state index in [9.17, 15) is 0 Å². The van der Waals surface area contributed by atoms with E-state index in [-0.39, 0.29) is 5.54 Å². The molecule has 2 nitrogen and oxygen atoms in total. The van der Waals surface area contributed by atoms with Gasteiger partial charge in [0.15, 0.2) is 0 Å². The number of nitrogens with two attached hydrogens (primary N) is 1. The summed E-state index contributed by atoms with van der Waals surface area (Å²) in [6.07, 6.45) is 10.4. The van der Waals surface area contributed by atoms with Gasteiger partial charge in [0.2, 0.25) is 0 Å². The van der Waals surface area contributed by atoms with E-state index in [1.807, 2.05) is 0 Å². The first-order valence-corrected chi connectivity index (χ1v) is 8.92. The van der Waals surface area contributed by atoms with Gasteiger partial charge in [-0.2, -0.15) is 0 Å². The molecule has 1 aliphatic carbocycles. The van der Waals surface area contributed by atoms with Gasteiger partial charge in [-0.25, -0.2) is 0 Å². The second kappa shape index (κ2) is 9.04. The minimum atomic E-state index is 0.145. The van der Waals surface area contributed by atoms with Crippen molar-refractivity contribution in [1.29, 1.82) is 0 Å². The molecule has 1 saturated carbocycles. The van der Waals surface area contributed by atoms with Crippen molar-refractivity contribution < 1.29 is 0 Å². The van der Waals surface area contributed by atoms with Gasteiger partial charge in [0.1, 0.15) is 0 Å². The fraction of sp³-hybridized carbons (Fsp3) is 1.00. The molecular formula is C18H38N2. The van der Waals surface area contributed by atoms with E-state index in [2.05, 4.69) is 32.6 Å². The van der Waals surface area contributed by atoms with Gasteiger partial charge < -0.3 is 10.6 Å². The zero-order chi connectivity index (χ0) is 15.0. The molecule has 0 amide bonds. The van der Waals surface area contributed by atoms with E-state index in [0.717, 1.165) is 11.8 Å². The van der Waals surface area contributed by atoms with E-state index in [1.165, 1.54) is 71.0 Å². The minimum Gasteiger partial charge on any atom is -0.325 e. The van der Waals surface area contributed by atoms with Crippen molar-refractivity contribution in [2.75, 3.05) is 19.6 Å². The molecule has 0 aromatic carbocycles. The van der Waals surface area contributed by atoms with Crippen LogP contribution in [0.15, 0.2) is 0 Å². The second-order valence-electron chi connectivity index (χ2n) is 7.88. The Morgan fingerprint density at radius 2 is 1.35 bits per heavy atom. The Bertz CT molecular complexity index is 230. The summed E-state index contributed by atoms with van der Waals surface area (Å²) in [5.41, 5.74) is 6.74. The third-order valence-corrected chi connectivity index (χ3v) is 4.82. The van der Waals surface area contributed by atoms with Crippen LogP contribution in [0.5, 0.6) is 0 Å². The summed E-state index contributed by atoms with van der Waals surface area (Å²) in [6.45, 7) is 13.0. The summed E-state index contributed by atoms with van der Waals surface area (Å²) >= 11 is 0. The molecule has 1 rings (SSSR count). The summed E-state index contributed by atoms with van der Waals surface area (Å²) in [5.74, 6) is 1.61. The maximum Gasteiger partial charge on any atom is 0.0166 e. The Morgan fingerprint density at radius 3 is 1.80 bits per heavy atom. The highest BCUT2D eigenvalue weighted by Crippen LogP contribution is 2.28. The Kier molecular flexibility index (Phi) is 8.13. The fourth-order valence-corrected chi connectivity index (χ4v) is 3.10. The van der Waals surface area contributed by atoms with Gasteiger partial charge in [-0.05, 0) is 63.6 Å². The van der Waals surface area contributed by atoms with Gasteiger partial charge in [0.25, 0.3) is 0 Å². The second-order valence-corrected chi connectivity index (χ2v) is 7.88. The lowest BCUT2D eigenvalue weighted by Crippen LogP contribution is -2.45. The molecule has 120 valence electrons. The van der Waals surface area contributed by atoms with Crippen molar-refractivity contribution in [3.8, 4) is 0 Å². The topological polar surface area (TPSA) is 29.3 Å². The van der Waals surface area contributed by atoms with Crippen molar-refractivity contribution in [2.45, 2.75) is 84.6 Å². The van der Waals surface area contributed by atoms with Crippen molar-refractivity contribution in [3.05, 3.63) is 0 Å². The van der Waals surface area contributed by atoms with E-state index in [4.69, 9.17) is 5.73 Å². The first-order chi connectivity index (χ1) is 9.41. The van der Waals surface area contributed by atoms with Gasteiger partial charge in [-0.3, -0.25) is 0 Å². The molecule has 2 heteroatoms. The number of nitrogens with zero attached hydrogens (tertiary/aromatic N) is 1. The van der Waals surface area contributed by atoms with Gasteiger partial charge in [-0.1, -0.05) is 47.0 Å². The van der Waals surface area contributed by atoms with Crippen LogP contribution in [-0.2, 0) is 0 Å². The molecule has 1 aliphatic rings. The summed E-state index contributed by atoms with van der Waals surface area (Å²) in [5, 5.41) is 0. The van der Waals surface area contributed by atoms with Crippen molar-refractivity contribution in [2.24, 2.45) is 17.6 Å². The van der Waals surface area contributed by atoms with Crippen LogP contribution in [0.4, 0.5) is 0 Å². The third-order valence-electron chi connectivity index (χ3n) is 4.82. The van der Waals surface area contributed by atoms with Crippen LogP contribution in [0.1, 0.15) is 79.1 Å². The summed E-state index contributed by atoms with van der Waals surface area (Å²) in [6, 6.07) is 0. The zero-order valence-electron chi connectivity index (χ0n) is 14.5. The van der Waals surface area contributed by atoms with Crippen LogP contribution in [0.2, 0.25) is 0 Å². The molecule has 0 spiro atoms. The molecule has 0 aromatic rings. The lowest BCUT2D eigenvalue weighted by atomic mass is 9.80. The quantitative estimate of drug-likeness (QED) is 0.678. The molecule has 2 N–H and O–H groups in total. The number of hydrogen-bond acceptors (Lipinski definition) is 2. The molecule has 0 radical (unpaired) electrons. The zero-order valence-corrected chi connectivity index (χ0v) is 14.5. The molecule has 0 unspecified atom stereocenters. The Labute approximate surface area is 127 Å². The highest BCUT2D eigenvalue weighted by Gasteiger charge is 2.27. The Hall–Kier alpha value is -0.0800. The highest BCUT2D eigenvalue weighted by atomic mass is 15.1. The monoisotopic (exact) mass is 282 g/mol. The van der Waals surface area contributed by atoms with Gasteiger partial charge in [0.05, 0.1) is 0 Å². The number of hydrogen-bond donors (Lipinski definition) is 1. The predicted octanol–water partition coefficient (Wildman–Crippen LogP) is 4.43. The lowest BCUT2D eigenvalue weighted by Gasteiger charge is -2.36. The van der Waals surface area contributed by atoms with Crippen LogP contribution in [0.3, 0.4) is 0 Å². The Balaban J connectivity index is 2.37. The van der Waals surface area contributed by atoms with Crippen LogP contribution >= 0.6 is 0 Å². The normalized spacial score (nSPS) is 19.2. The minimum absolute atomic E-state index is 0.145. The van der Waals surface area contributed by atoms with Crippen LogP contribution < -0.4 is 5.73 Å². The van der Waals surface area contributed by atoms with Crippen molar-refractivity contribution in [3.63, 3.8) is 0 Å². The van der Waals surface area contributed by atoms with Gasteiger partial charge in [0, 0.05) is 5.54 Å². The average Bonchev–Trinajstić information content (AvgIpc) is 2.38. The van der Waals surface area contributed by atoms with E-state index >= 15 is 0 Å². The van der Waals surface area contributed by atoms with Gasteiger partial charge in [-0.15, -0.1) is 0 Å². The molecular weight excluding hydrogens is 244 g/mol. The Morgan fingerprint density at radius 1 is 0.850 bits per heavy atom. The molecule has 1 fully saturated rings. The fourth-order valence-electron chi connectivity index (χ4n) is 3.10. The average molecular weight is 283 g/mol. The summed E-state index contributed by atoms with van der Waals surface area (Å²) in [7, 11) is 0. The van der Waals surface area contributed by atoms with E-state index < -0.39 is 0 Å². The molecule has 20 heavy (non-hydrogen) atoms. The molecule has 0 bridgehead atoms. The summed E-state index contributed by atoms with van der Waals surface area (Å²) in [4.78, 5) is 2.67. The van der Waals surface area contributed by atoms with Crippen molar-refractivity contribution >= 4 is 0 Å². The number of rotatable bonds is 9. The molecule has 0 atom stereocenters. The SMILES string of the molecule is CC(C)CCN(CCC(C)C)CCC1(N)CCCCC1. The maximum absolute atomic E-state index is 6.59. The lowest BCUT2D eigenvalue weighted by molar-refractivity contribution is 0.194. The van der Waals surface area contributed by atoms with Crippen LogP contribution in [0.25, 0.3) is 0 Å². The van der Waals surface area contributed by atoms with Crippen molar-refractivity contribution in [1.82, 2.24) is 4.90 Å². The maximum atomic E-state index is 6.59. The third kappa shape index (κ3) is 7.64. The van der Waals surface area contributed by atoms with Crippen LogP contribution in [0, 0.1) is 11.8 Å². The molecule has 0 heterocycles. The molecule has 0 aromatic heterocycles. The predicted molar refractivity (Wildman–Crippen MR) is 90.0 cm³/mol. The van der Waals surface area contributed by atoms with E-state index in [0.29, 0.717) is 0 Å².